The van der Waals surface area contributed by atoms with Gasteiger partial charge in [0.25, 0.3) is 5.91 Å². The summed E-state index contributed by atoms with van der Waals surface area (Å²) in [6.45, 7) is 4.04. The fraction of sp³-hybridized carbons (Fsp3) is 0.514. The van der Waals surface area contributed by atoms with E-state index in [0.717, 1.165) is 56.6 Å². The molecule has 0 saturated heterocycles. The topological polar surface area (TPSA) is 215 Å². The molecule has 2 atom stereocenters. The van der Waals surface area contributed by atoms with Gasteiger partial charge in [-0.2, -0.15) is 9.97 Å². The van der Waals surface area contributed by atoms with Gasteiger partial charge in [0.15, 0.2) is 17.3 Å². The van der Waals surface area contributed by atoms with Crippen LogP contribution in [0, 0.1) is 0 Å². The van der Waals surface area contributed by atoms with Crippen molar-refractivity contribution in [1.29, 1.82) is 0 Å². The van der Waals surface area contributed by atoms with E-state index in [2.05, 4.69) is 29.7 Å². The number of halogens is 2. The van der Waals surface area contributed by atoms with E-state index >= 15 is 0 Å². The quantitative estimate of drug-likeness (QED) is 0.234. The molecule has 8 rings (SSSR count). The highest BCUT2D eigenvalue weighted by molar-refractivity contribution is 6.40. The first kappa shape index (κ1) is 41.3. The van der Waals surface area contributed by atoms with E-state index in [1.165, 1.54) is 42.5 Å². The third-order valence-corrected chi connectivity index (χ3v) is 10.9. The van der Waals surface area contributed by atoms with Crippen molar-refractivity contribution in [3.8, 4) is 11.9 Å². The van der Waals surface area contributed by atoms with Crippen LogP contribution in [0.15, 0.2) is 37.4 Å². The predicted molar refractivity (Wildman–Crippen MR) is 215 cm³/mol. The number of carboxylic acids is 1. The highest BCUT2D eigenvalue weighted by Gasteiger charge is 2.42. The Balaban J connectivity index is 0.000000180. The van der Waals surface area contributed by atoms with E-state index in [0.29, 0.717) is 35.7 Å². The number of fused-ring (bicyclic) bond motifs is 2. The molecule has 0 unspecified atom stereocenters. The van der Waals surface area contributed by atoms with E-state index in [1.54, 1.807) is 40.9 Å². The summed E-state index contributed by atoms with van der Waals surface area (Å²) in [5, 5.41) is 9.28. The van der Waals surface area contributed by atoms with E-state index in [1.807, 2.05) is 13.8 Å². The zero-order valence-corrected chi connectivity index (χ0v) is 33.8. The summed E-state index contributed by atoms with van der Waals surface area (Å²) in [7, 11) is 3.51. The predicted octanol–water partition coefficient (Wildman–Crippen LogP) is 4.55. The molecule has 2 aliphatic carbocycles. The third kappa shape index (κ3) is 8.23. The van der Waals surface area contributed by atoms with Gasteiger partial charge in [0, 0.05) is 38.6 Å². The van der Waals surface area contributed by atoms with Gasteiger partial charge < -0.3 is 30.4 Å². The second-order valence-electron chi connectivity index (χ2n) is 14.2. The first-order valence-corrected chi connectivity index (χ1v) is 20.1. The number of alkyl halides is 2. The molecule has 0 spiro atoms. The Morgan fingerprint density at radius 1 is 0.719 bits per heavy atom. The molecule has 2 fully saturated rings. The summed E-state index contributed by atoms with van der Waals surface area (Å²) in [5.41, 5.74) is 6.75. The second kappa shape index (κ2) is 17.8. The lowest BCUT2D eigenvalue weighted by Gasteiger charge is -2.43. The number of carboxylic acid groups (broad SMARTS) is 1. The lowest BCUT2D eigenvalue weighted by molar-refractivity contribution is -0.120. The summed E-state index contributed by atoms with van der Waals surface area (Å²) < 4.78 is 3.07. The number of imidazole rings is 2. The molecule has 18 nitrogen and oxygen atoms in total. The van der Waals surface area contributed by atoms with Crippen LogP contribution in [0.2, 0.25) is 0 Å². The van der Waals surface area contributed by atoms with Gasteiger partial charge in [-0.1, -0.05) is 39.5 Å². The molecular weight excluding hydrogens is 777 g/mol. The van der Waals surface area contributed by atoms with Gasteiger partial charge in [0.1, 0.15) is 41.8 Å². The minimum atomic E-state index is -1.10. The summed E-state index contributed by atoms with van der Waals surface area (Å²) in [6.07, 6.45) is 19.3. The third-order valence-electron chi connectivity index (χ3n) is 10.9. The van der Waals surface area contributed by atoms with E-state index in [4.69, 9.17) is 44.0 Å². The second-order valence-corrected chi connectivity index (χ2v) is 15.0. The Kier molecular flexibility index (Phi) is 12.9. The normalized spacial score (nSPS) is 19.5. The molecule has 20 heteroatoms. The summed E-state index contributed by atoms with van der Waals surface area (Å²) in [5.74, 6) is 0.660. The maximum Gasteiger partial charge on any atom is 0.356 e. The summed E-state index contributed by atoms with van der Waals surface area (Å²) >= 11 is 9.53. The van der Waals surface area contributed by atoms with Crippen molar-refractivity contribution in [2.24, 2.45) is 5.73 Å². The number of carbonyl (C=O) groups is 4. The number of likely N-dealkylation sites (N-methyl/N-ethyl adjacent to an activating group) is 2. The molecule has 0 aromatic carbocycles. The summed E-state index contributed by atoms with van der Waals surface area (Å²) in [6, 6.07) is 0.118. The summed E-state index contributed by atoms with van der Waals surface area (Å²) in [4.78, 5) is 81.8. The van der Waals surface area contributed by atoms with Crippen molar-refractivity contribution in [2.75, 3.05) is 39.0 Å². The Hall–Kier alpha value is -5.36. The van der Waals surface area contributed by atoms with Crippen molar-refractivity contribution < 1.29 is 24.3 Å². The zero-order valence-electron chi connectivity index (χ0n) is 32.3. The van der Waals surface area contributed by atoms with Crippen LogP contribution >= 0.6 is 23.2 Å². The highest BCUT2D eigenvalue weighted by Crippen LogP contribution is 2.41. The number of nitrogens with zero attached hydrogens (tertiary/aromatic N) is 12. The zero-order chi connectivity index (χ0) is 41.0. The number of amides is 3. The molecule has 304 valence electrons. The molecule has 2 saturated carbocycles. The van der Waals surface area contributed by atoms with Crippen LogP contribution < -0.4 is 25.3 Å². The number of aromatic carboxylic acids is 1. The Bertz CT molecular complexity index is 1950. The molecule has 3 N–H and O–H groups in total. The van der Waals surface area contributed by atoms with Crippen molar-refractivity contribution >= 4 is 69.9 Å². The van der Waals surface area contributed by atoms with Gasteiger partial charge in [-0.15, -0.1) is 23.2 Å². The maximum absolute atomic E-state index is 12.9. The van der Waals surface area contributed by atoms with E-state index in [-0.39, 0.29) is 46.7 Å². The number of anilines is 4. The minimum Gasteiger partial charge on any atom is -0.476 e. The average Bonchev–Trinajstić information content (AvgIpc) is 4.06. The number of carbonyl (C=O) groups excluding carboxylic acids is 3. The van der Waals surface area contributed by atoms with Gasteiger partial charge in [-0.25, -0.2) is 24.7 Å². The first-order chi connectivity index (χ1) is 27.4. The lowest BCUT2D eigenvalue weighted by Crippen LogP contribution is -2.55. The molecular formula is C37H47Cl2N13O5. The van der Waals surface area contributed by atoms with Gasteiger partial charge in [0.05, 0.1) is 17.7 Å². The monoisotopic (exact) mass is 823 g/mol. The van der Waals surface area contributed by atoms with Gasteiger partial charge in [-0.3, -0.25) is 23.5 Å². The standard InChI is InChI=1S/C18H23N7O2.C18H22N6O3.CH2Cl2/c1-3-13-17(27)23(2)14-8-20-18(24-9-12(15(19)26)21-10-24)22-16(14)25(13)11-6-4-5-7-11;1-3-13-16(25)22(2)14-8-19-18(23-9-12(17(26)27)20-10-23)21-15(14)24(13)11-6-4-5-7-11;2-1-3/h8-11,13H,3-7H2,1-2H3,(H2,19,26);8-11,13H,3-7H2,1-2H3,(H,26,27);1H2/t2*13-;/m11./s1. The number of hydrogen-bond acceptors (Lipinski definition) is 12. The molecule has 0 radical (unpaired) electrons. The van der Waals surface area contributed by atoms with Crippen LogP contribution in [0.5, 0.6) is 0 Å². The largest absolute Gasteiger partial charge is 0.476 e. The van der Waals surface area contributed by atoms with E-state index < -0.39 is 11.9 Å². The fourth-order valence-corrected chi connectivity index (χ4v) is 8.10. The molecule has 6 heterocycles. The smallest absolute Gasteiger partial charge is 0.356 e. The Labute approximate surface area is 340 Å². The fourth-order valence-electron chi connectivity index (χ4n) is 8.10. The lowest BCUT2D eigenvalue weighted by atomic mass is 10.0. The molecule has 0 bridgehead atoms. The number of hydrogen-bond donors (Lipinski definition) is 2. The highest BCUT2D eigenvalue weighted by atomic mass is 35.5. The molecule has 4 aromatic rings. The molecule has 4 aromatic heterocycles. The average molecular weight is 825 g/mol. The number of aromatic nitrogens is 8. The van der Waals surface area contributed by atoms with Crippen LogP contribution in [0.25, 0.3) is 11.9 Å². The Morgan fingerprint density at radius 2 is 1.11 bits per heavy atom. The van der Waals surface area contributed by atoms with Gasteiger partial charge >= 0.3 is 5.97 Å². The van der Waals surface area contributed by atoms with Crippen molar-refractivity contribution in [3.05, 3.63) is 48.8 Å². The number of nitrogens with two attached hydrogens (primary N) is 1. The van der Waals surface area contributed by atoms with Crippen LogP contribution in [0.3, 0.4) is 0 Å². The van der Waals surface area contributed by atoms with Crippen molar-refractivity contribution in [3.63, 3.8) is 0 Å². The minimum absolute atomic E-state index is 0.0593. The first-order valence-electron chi connectivity index (χ1n) is 19.0. The van der Waals surface area contributed by atoms with E-state index in [9.17, 15) is 19.2 Å². The van der Waals surface area contributed by atoms with Gasteiger partial charge in [-0.05, 0) is 38.5 Å². The molecule has 57 heavy (non-hydrogen) atoms. The molecule has 4 aliphatic rings. The van der Waals surface area contributed by atoms with Gasteiger partial charge in [0.2, 0.25) is 23.7 Å². The van der Waals surface area contributed by atoms with Crippen LogP contribution in [-0.2, 0) is 9.59 Å². The molecule has 2 aliphatic heterocycles. The van der Waals surface area contributed by atoms with Crippen molar-refractivity contribution in [2.45, 2.75) is 102 Å². The Morgan fingerprint density at radius 3 is 1.44 bits per heavy atom. The maximum atomic E-state index is 12.9. The number of rotatable bonds is 8. The number of primary amides is 1. The SMILES string of the molecule is CC[C@@H]1C(=O)N(C)c2cnc(-n3cnc(C(=O)O)c3)nc2N1C1CCCC1.CC[C@@H]1C(=O)N(C)c2cnc(-n3cnc(C(N)=O)c3)nc2N1C1CCCC1.ClCCl. The van der Waals surface area contributed by atoms with Crippen LogP contribution in [-0.4, -0.2) is 111 Å². The van der Waals surface area contributed by atoms with Crippen molar-refractivity contribution in [1.82, 2.24) is 39.0 Å². The van der Waals surface area contributed by atoms with Crippen LogP contribution in [0.1, 0.15) is 99.0 Å². The molecule has 3 amide bonds. The van der Waals surface area contributed by atoms with Crippen LogP contribution in [0.4, 0.5) is 23.0 Å².